The zero-order chi connectivity index (χ0) is 16.3. The number of nitrogens with one attached hydrogen (secondary N) is 1. The predicted octanol–water partition coefficient (Wildman–Crippen LogP) is 2.62. The lowest BCUT2D eigenvalue weighted by Crippen LogP contribution is -2.41. The zero-order valence-corrected chi connectivity index (χ0v) is 12.2. The van der Waals surface area contributed by atoms with E-state index in [1.54, 1.807) is 12.1 Å². The molecule has 2 aromatic rings. The number of thiol groups is 1. The van der Waals surface area contributed by atoms with Gasteiger partial charge < -0.3 is 10.4 Å². The summed E-state index contributed by atoms with van der Waals surface area (Å²) in [7, 11) is 0. The van der Waals surface area contributed by atoms with Crippen molar-refractivity contribution in [1.82, 2.24) is 5.32 Å². The summed E-state index contributed by atoms with van der Waals surface area (Å²) in [5.41, 5.74) is -0.499. The molecular weight excluding hydrogens is 312 g/mol. The lowest BCUT2D eigenvalue weighted by Gasteiger charge is -2.15. The van der Waals surface area contributed by atoms with E-state index in [0.717, 1.165) is 6.07 Å². The van der Waals surface area contributed by atoms with Crippen molar-refractivity contribution in [2.45, 2.75) is 12.5 Å². The summed E-state index contributed by atoms with van der Waals surface area (Å²) in [6.45, 7) is 0. The monoisotopic (exact) mass is 325 g/mol. The van der Waals surface area contributed by atoms with Crippen molar-refractivity contribution >= 4 is 35.3 Å². The molecule has 0 heterocycles. The van der Waals surface area contributed by atoms with E-state index >= 15 is 0 Å². The molecule has 0 fully saturated rings. The fraction of sp³-hybridized carbons (Fsp3) is 0.200. The van der Waals surface area contributed by atoms with Crippen LogP contribution in [-0.2, 0) is 4.79 Å². The van der Waals surface area contributed by atoms with Crippen LogP contribution >= 0.6 is 12.6 Å². The third-order valence-corrected chi connectivity index (χ3v) is 3.45. The molecule has 1 amide bonds. The molecule has 22 heavy (non-hydrogen) atoms. The lowest BCUT2D eigenvalue weighted by molar-refractivity contribution is -0.139. The Bertz CT molecular complexity index is 736. The number of fused-ring (bicyclic) bond motifs is 1. The molecule has 0 aliphatic carbocycles. The molecule has 0 radical (unpaired) electrons. The topological polar surface area (TPSA) is 66.4 Å². The molecule has 1 atom stereocenters. The summed E-state index contributed by atoms with van der Waals surface area (Å²) in [5.74, 6) is -4.47. The number of amides is 1. The number of hydrogen-bond acceptors (Lipinski definition) is 3. The second kappa shape index (κ2) is 6.74. The van der Waals surface area contributed by atoms with Crippen molar-refractivity contribution < 1.29 is 23.5 Å². The van der Waals surface area contributed by atoms with Crippen LogP contribution in [0.4, 0.5) is 8.78 Å². The standard InChI is InChI=1S/C15H13F2NO3S/c16-10-7-8-3-1-2-4-9(8)12(13(10)17)14(19)18-11(5-6-22)15(20)21/h1-4,7,11,22H,5-6H2,(H,18,19)(H,20,21)/t11-/m0/s1. The van der Waals surface area contributed by atoms with Crippen molar-refractivity contribution in [2.24, 2.45) is 0 Å². The third kappa shape index (κ3) is 3.19. The predicted molar refractivity (Wildman–Crippen MR) is 81.2 cm³/mol. The molecule has 0 spiro atoms. The first kappa shape index (κ1) is 16.2. The summed E-state index contributed by atoms with van der Waals surface area (Å²) in [5, 5.41) is 11.8. The molecule has 0 aromatic heterocycles. The third-order valence-electron chi connectivity index (χ3n) is 3.19. The van der Waals surface area contributed by atoms with Crippen LogP contribution in [0.15, 0.2) is 30.3 Å². The van der Waals surface area contributed by atoms with Gasteiger partial charge in [0.1, 0.15) is 6.04 Å². The van der Waals surface area contributed by atoms with Gasteiger partial charge in [-0.25, -0.2) is 13.6 Å². The molecule has 0 aliphatic rings. The molecule has 0 saturated carbocycles. The average Bonchev–Trinajstić information content (AvgIpc) is 2.47. The van der Waals surface area contributed by atoms with Crippen LogP contribution in [0.25, 0.3) is 10.8 Å². The molecule has 0 saturated heterocycles. The minimum Gasteiger partial charge on any atom is -0.480 e. The first-order valence-electron chi connectivity index (χ1n) is 6.47. The van der Waals surface area contributed by atoms with Gasteiger partial charge >= 0.3 is 5.97 Å². The second-order valence-corrected chi connectivity index (χ2v) is 5.09. The number of halogens is 2. The Hall–Kier alpha value is -2.15. The Morgan fingerprint density at radius 3 is 2.59 bits per heavy atom. The normalized spacial score (nSPS) is 12.1. The van der Waals surface area contributed by atoms with Crippen LogP contribution in [0.2, 0.25) is 0 Å². The molecule has 0 aliphatic heterocycles. The number of hydrogen-bond donors (Lipinski definition) is 3. The Balaban J connectivity index is 2.47. The first-order chi connectivity index (χ1) is 10.5. The summed E-state index contributed by atoms with van der Waals surface area (Å²) >= 11 is 3.91. The van der Waals surface area contributed by atoms with E-state index in [2.05, 4.69) is 17.9 Å². The minimum atomic E-state index is -1.30. The van der Waals surface area contributed by atoms with Gasteiger partial charge in [0.15, 0.2) is 11.6 Å². The number of rotatable bonds is 5. The quantitative estimate of drug-likeness (QED) is 0.740. The summed E-state index contributed by atoms with van der Waals surface area (Å²) in [4.78, 5) is 23.3. The van der Waals surface area contributed by atoms with Crippen LogP contribution < -0.4 is 5.32 Å². The van der Waals surface area contributed by atoms with Gasteiger partial charge in [0, 0.05) is 0 Å². The number of aliphatic carboxylic acids is 1. The molecule has 7 heteroatoms. The summed E-state index contributed by atoms with van der Waals surface area (Å²) in [6.07, 6.45) is 0.0685. The fourth-order valence-electron chi connectivity index (χ4n) is 2.13. The van der Waals surface area contributed by atoms with Crippen molar-refractivity contribution in [3.05, 3.63) is 47.5 Å². The Labute approximate surface area is 130 Å². The number of carboxylic acids is 1. The van der Waals surface area contributed by atoms with Gasteiger partial charge in [0.2, 0.25) is 0 Å². The Kier molecular flexibility index (Phi) is 4.97. The van der Waals surface area contributed by atoms with Gasteiger partial charge in [0.05, 0.1) is 5.56 Å². The maximum atomic E-state index is 14.0. The SMILES string of the molecule is O=C(N[C@@H](CCS)C(=O)O)c1c(F)c(F)cc2ccccc12. The highest BCUT2D eigenvalue weighted by molar-refractivity contribution is 7.80. The van der Waals surface area contributed by atoms with E-state index in [9.17, 15) is 18.4 Å². The van der Waals surface area contributed by atoms with Gasteiger partial charge in [-0.1, -0.05) is 24.3 Å². The van der Waals surface area contributed by atoms with Crippen molar-refractivity contribution in [1.29, 1.82) is 0 Å². The van der Waals surface area contributed by atoms with Crippen LogP contribution in [0.3, 0.4) is 0 Å². The molecule has 0 unspecified atom stereocenters. The van der Waals surface area contributed by atoms with E-state index in [1.165, 1.54) is 12.1 Å². The van der Waals surface area contributed by atoms with Crippen molar-refractivity contribution in [3.63, 3.8) is 0 Å². The van der Waals surface area contributed by atoms with Crippen LogP contribution in [0, 0.1) is 11.6 Å². The first-order valence-corrected chi connectivity index (χ1v) is 7.10. The molecule has 4 nitrogen and oxygen atoms in total. The second-order valence-electron chi connectivity index (χ2n) is 4.65. The number of carboxylic acid groups (broad SMARTS) is 1. The molecule has 2 aromatic carbocycles. The van der Waals surface area contributed by atoms with E-state index in [0.29, 0.717) is 5.39 Å². The van der Waals surface area contributed by atoms with E-state index in [-0.39, 0.29) is 17.6 Å². The van der Waals surface area contributed by atoms with E-state index in [4.69, 9.17) is 5.11 Å². The highest BCUT2D eigenvalue weighted by Crippen LogP contribution is 2.24. The van der Waals surface area contributed by atoms with Crippen LogP contribution in [0.1, 0.15) is 16.8 Å². The molecule has 2 N–H and O–H groups in total. The van der Waals surface area contributed by atoms with Gasteiger partial charge in [-0.15, -0.1) is 0 Å². The highest BCUT2D eigenvalue weighted by atomic mass is 32.1. The number of benzene rings is 2. The van der Waals surface area contributed by atoms with Gasteiger partial charge in [0.25, 0.3) is 5.91 Å². The lowest BCUT2D eigenvalue weighted by atomic mass is 10.0. The number of carbonyl (C=O) groups is 2. The van der Waals surface area contributed by atoms with Crippen LogP contribution in [0.5, 0.6) is 0 Å². The van der Waals surface area contributed by atoms with Crippen molar-refractivity contribution in [2.75, 3.05) is 5.75 Å². The average molecular weight is 325 g/mol. The number of carbonyl (C=O) groups excluding carboxylic acids is 1. The maximum Gasteiger partial charge on any atom is 0.326 e. The molecule has 116 valence electrons. The minimum absolute atomic E-state index is 0.0685. The van der Waals surface area contributed by atoms with Gasteiger partial charge in [-0.2, -0.15) is 12.6 Å². The molecular formula is C15H13F2NO3S. The smallest absolute Gasteiger partial charge is 0.326 e. The molecule has 2 rings (SSSR count). The largest absolute Gasteiger partial charge is 0.480 e. The summed E-state index contributed by atoms with van der Waals surface area (Å²) < 4.78 is 27.7. The van der Waals surface area contributed by atoms with Crippen LogP contribution in [-0.4, -0.2) is 28.8 Å². The summed E-state index contributed by atoms with van der Waals surface area (Å²) in [6, 6.07) is 6.00. The Morgan fingerprint density at radius 1 is 1.27 bits per heavy atom. The fourth-order valence-corrected chi connectivity index (χ4v) is 2.39. The maximum absolute atomic E-state index is 14.0. The van der Waals surface area contributed by atoms with Crippen molar-refractivity contribution in [3.8, 4) is 0 Å². The molecule has 0 bridgehead atoms. The van der Waals surface area contributed by atoms with E-state index < -0.39 is 35.1 Å². The van der Waals surface area contributed by atoms with Gasteiger partial charge in [-0.05, 0) is 29.0 Å². The van der Waals surface area contributed by atoms with E-state index in [1.807, 2.05) is 0 Å². The Morgan fingerprint density at radius 2 is 1.95 bits per heavy atom. The zero-order valence-electron chi connectivity index (χ0n) is 11.3. The van der Waals surface area contributed by atoms with Gasteiger partial charge in [-0.3, -0.25) is 4.79 Å². The highest BCUT2D eigenvalue weighted by Gasteiger charge is 2.24.